The highest BCUT2D eigenvalue weighted by molar-refractivity contribution is 7.99. The minimum atomic E-state index is 0.173. The Labute approximate surface area is 122 Å². The van der Waals surface area contributed by atoms with Crippen LogP contribution in [0.3, 0.4) is 0 Å². The zero-order chi connectivity index (χ0) is 13.2. The van der Waals surface area contributed by atoms with E-state index in [9.17, 15) is 4.79 Å². The van der Waals surface area contributed by atoms with Crippen molar-refractivity contribution in [1.82, 2.24) is 9.88 Å². The number of carbonyl (C=O) groups is 1. The monoisotopic (exact) mass is 297 g/mol. The molecule has 0 aliphatic carbocycles. The highest BCUT2D eigenvalue weighted by Crippen LogP contribution is 2.28. The van der Waals surface area contributed by atoms with E-state index >= 15 is 0 Å². The molecule has 1 amide bonds. The zero-order valence-corrected chi connectivity index (χ0v) is 12.8. The van der Waals surface area contributed by atoms with Gasteiger partial charge in [0.1, 0.15) is 0 Å². The standard InChI is InChI=1S/C13H19N3OS2/c1-10-8-14-13(19-10)16-3-2-11(9-16)12(17)15-4-6-18-7-5-15/h8,11H,2-7,9H2,1H3. The van der Waals surface area contributed by atoms with Gasteiger partial charge in [0.05, 0.1) is 5.92 Å². The Morgan fingerprint density at radius 1 is 1.37 bits per heavy atom. The molecular weight excluding hydrogens is 278 g/mol. The maximum absolute atomic E-state index is 12.5. The molecule has 0 N–H and O–H groups in total. The van der Waals surface area contributed by atoms with Crippen LogP contribution in [0.2, 0.25) is 0 Å². The van der Waals surface area contributed by atoms with E-state index < -0.39 is 0 Å². The molecule has 0 radical (unpaired) electrons. The number of hydrogen-bond donors (Lipinski definition) is 0. The summed E-state index contributed by atoms with van der Waals surface area (Å²) in [4.78, 5) is 22.4. The first-order chi connectivity index (χ1) is 9.24. The Kier molecular flexibility index (Phi) is 3.98. The Morgan fingerprint density at radius 2 is 2.16 bits per heavy atom. The van der Waals surface area contributed by atoms with Crippen molar-refractivity contribution in [1.29, 1.82) is 0 Å². The molecule has 1 unspecified atom stereocenters. The molecule has 0 bridgehead atoms. The summed E-state index contributed by atoms with van der Waals surface area (Å²) in [6.07, 6.45) is 2.89. The van der Waals surface area contributed by atoms with Crippen LogP contribution in [-0.4, -0.2) is 53.5 Å². The van der Waals surface area contributed by atoms with Crippen LogP contribution in [0.4, 0.5) is 5.13 Å². The number of hydrogen-bond acceptors (Lipinski definition) is 5. The number of nitrogens with zero attached hydrogens (tertiary/aromatic N) is 3. The summed E-state index contributed by atoms with van der Waals surface area (Å²) >= 11 is 3.67. The molecule has 3 rings (SSSR count). The van der Waals surface area contributed by atoms with Gasteiger partial charge in [-0.2, -0.15) is 11.8 Å². The third-order valence-corrected chi connectivity index (χ3v) is 5.66. The maximum atomic E-state index is 12.5. The van der Waals surface area contributed by atoms with E-state index in [2.05, 4.69) is 21.7 Å². The van der Waals surface area contributed by atoms with Crippen LogP contribution >= 0.6 is 23.1 Å². The first kappa shape index (κ1) is 13.2. The predicted molar refractivity (Wildman–Crippen MR) is 81.1 cm³/mol. The van der Waals surface area contributed by atoms with Crippen molar-refractivity contribution < 1.29 is 4.79 Å². The number of thiazole rings is 1. The lowest BCUT2D eigenvalue weighted by molar-refractivity contribution is -0.134. The van der Waals surface area contributed by atoms with Crippen LogP contribution < -0.4 is 4.90 Å². The summed E-state index contributed by atoms with van der Waals surface area (Å²) in [5.41, 5.74) is 0. The van der Waals surface area contributed by atoms with E-state index in [0.717, 1.165) is 49.2 Å². The van der Waals surface area contributed by atoms with Crippen molar-refractivity contribution >= 4 is 34.1 Å². The van der Waals surface area contributed by atoms with Gasteiger partial charge in [-0.1, -0.05) is 0 Å². The van der Waals surface area contributed by atoms with Crippen LogP contribution in [0.5, 0.6) is 0 Å². The second-order valence-electron chi connectivity index (χ2n) is 5.12. The topological polar surface area (TPSA) is 36.4 Å². The summed E-state index contributed by atoms with van der Waals surface area (Å²) in [6, 6.07) is 0. The smallest absolute Gasteiger partial charge is 0.227 e. The Hall–Kier alpha value is -0.750. The SMILES string of the molecule is Cc1cnc(N2CCC(C(=O)N3CCSCC3)C2)s1. The zero-order valence-electron chi connectivity index (χ0n) is 11.2. The lowest BCUT2D eigenvalue weighted by Gasteiger charge is -2.28. The van der Waals surface area contributed by atoms with Crippen LogP contribution in [-0.2, 0) is 4.79 Å². The molecule has 3 heterocycles. The molecule has 6 heteroatoms. The first-order valence-corrected chi connectivity index (χ1v) is 8.75. The second kappa shape index (κ2) is 5.71. The van der Waals surface area contributed by atoms with Gasteiger partial charge in [0.25, 0.3) is 0 Å². The van der Waals surface area contributed by atoms with E-state index in [-0.39, 0.29) is 5.92 Å². The van der Waals surface area contributed by atoms with Gasteiger partial charge in [0, 0.05) is 48.8 Å². The van der Waals surface area contributed by atoms with Crippen molar-refractivity contribution in [2.24, 2.45) is 5.92 Å². The molecule has 2 fully saturated rings. The molecule has 104 valence electrons. The molecular formula is C13H19N3OS2. The second-order valence-corrected chi connectivity index (χ2v) is 7.56. The lowest BCUT2D eigenvalue weighted by Crippen LogP contribution is -2.42. The third kappa shape index (κ3) is 2.89. The van der Waals surface area contributed by atoms with E-state index in [4.69, 9.17) is 0 Å². The predicted octanol–water partition coefficient (Wildman–Crippen LogP) is 1.85. The molecule has 2 saturated heterocycles. The Morgan fingerprint density at radius 3 is 2.84 bits per heavy atom. The fourth-order valence-electron chi connectivity index (χ4n) is 2.67. The number of thioether (sulfide) groups is 1. The normalized spacial score (nSPS) is 23.9. The number of carbonyl (C=O) groups excluding carboxylic acids is 1. The molecule has 2 aliphatic heterocycles. The van der Waals surface area contributed by atoms with Gasteiger partial charge < -0.3 is 9.80 Å². The van der Waals surface area contributed by atoms with E-state index in [0.29, 0.717) is 5.91 Å². The van der Waals surface area contributed by atoms with Crippen LogP contribution in [0.1, 0.15) is 11.3 Å². The summed E-state index contributed by atoms with van der Waals surface area (Å²) in [5, 5.41) is 1.07. The summed E-state index contributed by atoms with van der Waals surface area (Å²) in [7, 11) is 0. The molecule has 1 atom stereocenters. The van der Waals surface area contributed by atoms with Gasteiger partial charge in [0.2, 0.25) is 5.91 Å². The summed E-state index contributed by atoms with van der Waals surface area (Å²) < 4.78 is 0. The molecule has 0 spiro atoms. The fraction of sp³-hybridized carbons (Fsp3) is 0.692. The molecule has 1 aromatic heterocycles. The van der Waals surface area contributed by atoms with E-state index in [1.54, 1.807) is 11.3 Å². The van der Waals surface area contributed by atoms with Crippen LogP contribution in [0, 0.1) is 12.8 Å². The average Bonchev–Trinajstić information content (AvgIpc) is 3.07. The van der Waals surface area contributed by atoms with Crippen molar-refractivity contribution in [3.63, 3.8) is 0 Å². The van der Waals surface area contributed by atoms with Crippen molar-refractivity contribution in [3.05, 3.63) is 11.1 Å². The van der Waals surface area contributed by atoms with Gasteiger partial charge >= 0.3 is 0 Å². The Bertz CT molecular complexity index is 456. The van der Waals surface area contributed by atoms with E-state index in [1.807, 2.05) is 18.0 Å². The third-order valence-electron chi connectivity index (χ3n) is 3.74. The highest BCUT2D eigenvalue weighted by atomic mass is 32.2. The number of anilines is 1. The number of rotatable bonds is 2. The van der Waals surface area contributed by atoms with Gasteiger partial charge in [-0.25, -0.2) is 4.98 Å². The molecule has 0 saturated carbocycles. The number of aryl methyl sites for hydroxylation is 1. The lowest BCUT2D eigenvalue weighted by atomic mass is 10.1. The minimum absolute atomic E-state index is 0.173. The average molecular weight is 297 g/mol. The maximum Gasteiger partial charge on any atom is 0.227 e. The van der Waals surface area contributed by atoms with Gasteiger partial charge in [-0.3, -0.25) is 4.79 Å². The quantitative estimate of drug-likeness (QED) is 0.835. The first-order valence-electron chi connectivity index (χ1n) is 6.78. The fourth-order valence-corrected chi connectivity index (χ4v) is 4.36. The number of amides is 1. The van der Waals surface area contributed by atoms with Crippen molar-refractivity contribution in [2.45, 2.75) is 13.3 Å². The van der Waals surface area contributed by atoms with Crippen LogP contribution in [0.15, 0.2) is 6.20 Å². The molecule has 19 heavy (non-hydrogen) atoms. The van der Waals surface area contributed by atoms with Gasteiger partial charge in [-0.05, 0) is 13.3 Å². The molecule has 2 aliphatic rings. The van der Waals surface area contributed by atoms with E-state index in [1.165, 1.54) is 4.88 Å². The van der Waals surface area contributed by atoms with Gasteiger partial charge in [-0.15, -0.1) is 11.3 Å². The number of aromatic nitrogens is 1. The minimum Gasteiger partial charge on any atom is -0.347 e. The summed E-state index contributed by atoms with van der Waals surface area (Å²) in [5.74, 6) is 2.71. The van der Waals surface area contributed by atoms with Crippen molar-refractivity contribution in [3.8, 4) is 0 Å². The Balaban J connectivity index is 1.60. The molecule has 4 nitrogen and oxygen atoms in total. The largest absolute Gasteiger partial charge is 0.347 e. The molecule has 1 aromatic rings. The van der Waals surface area contributed by atoms with Gasteiger partial charge in [0.15, 0.2) is 5.13 Å². The van der Waals surface area contributed by atoms with Crippen LogP contribution in [0.25, 0.3) is 0 Å². The van der Waals surface area contributed by atoms with Crippen molar-refractivity contribution in [2.75, 3.05) is 42.6 Å². The highest BCUT2D eigenvalue weighted by Gasteiger charge is 2.32. The summed E-state index contributed by atoms with van der Waals surface area (Å²) in [6.45, 7) is 5.74. The molecule has 0 aromatic carbocycles.